The summed E-state index contributed by atoms with van der Waals surface area (Å²) < 4.78 is 31.6. The van der Waals surface area contributed by atoms with Crippen molar-refractivity contribution in [2.45, 2.75) is 65.0 Å². The standard InChI is InChI=1S/C33H40FN5O7/c1-5-24-32(42)36-18-21-9-11-25(23(34)16-21)46-27-17-22(10-12-26(27)44-4)31(41)35-13-7-15-39(14-6-8-28(40)38-24)33(43)29-30(20(2)3)45-19-37-29/h9-12,16-17,19-20,24H,5-8,13-15,18H2,1-4H3,(H,35,41)(H,36,42)(H,38,40)/t24-/m0/s1. The highest BCUT2D eigenvalue weighted by molar-refractivity contribution is 5.95. The summed E-state index contributed by atoms with van der Waals surface area (Å²) in [6.45, 7) is 6.35. The summed E-state index contributed by atoms with van der Waals surface area (Å²) in [5, 5.41) is 8.33. The van der Waals surface area contributed by atoms with Gasteiger partial charge in [0.05, 0.1) is 7.11 Å². The van der Waals surface area contributed by atoms with Gasteiger partial charge < -0.3 is 34.7 Å². The van der Waals surface area contributed by atoms with Gasteiger partial charge in [0.1, 0.15) is 11.8 Å². The van der Waals surface area contributed by atoms with E-state index in [4.69, 9.17) is 13.9 Å². The second-order valence-corrected chi connectivity index (χ2v) is 11.2. The molecule has 12 nitrogen and oxygen atoms in total. The first-order chi connectivity index (χ1) is 22.1. The predicted octanol–water partition coefficient (Wildman–Crippen LogP) is 4.31. The van der Waals surface area contributed by atoms with Crippen molar-refractivity contribution in [3.63, 3.8) is 0 Å². The third-order valence-corrected chi connectivity index (χ3v) is 7.50. The van der Waals surface area contributed by atoms with Gasteiger partial charge in [-0.2, -0.15) is 0 Å². The fourth-order valence-corrected chi connectivity index (χ4v) is 4.98. The summed E-state index contributed by atoms with van der Waals surface area (Å²) in [5.41, 5.74) is 0.956. The number of halogens is 1. The summed E-state index contributed by atoms with van der Waals surface area (Å²) in [5.74, 6) is -1.40. The zero-order chi connectivity index (χ0) is 33.2. The Bertz CT molecular complexity index is 1560. The highest BCUT2D eigenvalue weighted by Gasteiger charge is 2.25. The molecule has 0 saturated carbocycles. The Labute approximate surface area is 267 Å². The summed E-state index contributed by atoms with van der Waals surface area (Å²) in [6.07, 6.45) is 2.40. The highest BCUT2D eigenvalue weighted by atomic mass is 19.1. The quantitative estimate of drug-likeness (QED) is 0.383. The van der Waals surface area contributed by atoms with Gasteiger partial charge in [0.15, 0.2) is 35.2 Å². The Morgan fingerprint density at radius 3 is 2.59 bits per heavy atom. The van der Waals surface area contributed by atoms with Crippen LogP contribution in [0.25, 0.3) is 0 Å². The minimum absolute atomic E-state index is 0.0267. The molecule has 3 aromatic rings. The summed E-state index contributed by atoms with van der Waals surface area (Å²) in [6, 6.07) is 8.06. The van der Waals surface area contributed by atoms with Crippen LogP contribution in [-0.4, -0.2) is 66.3 Å². The number of carbonyl (C=O) groups is 4. The number of hydrogen-bond donors (Lipinski definition) is 3. The van der Waals surface area contributed by atoms with Crippen LogP contribution in [0.2, 0.25) is 0 Å². The minimum Gasteiger partial charge on any atom is -0.493 e. The van der Waals surface area contributed by atoms with E-state index in [0.717, 1.165) is 0 Å². The Morgan fingerprint density at radius 2 is 1.87 bits per heavy atom. The van der Waals surface area contributed by atoms with Crippen molar-refractivity contribution < 1.29 is 37.5 Å². The molecule has 2 aliphatic heterocycles. The number of amides is 4. The van der Waals surface area contributed by atoms with E-state index in [-0.39, 0.29) is 73.1 Å². The van der Waals surface area contributed by atoms with E-state index in [1.165, 1.54) is 31.7 Å². The third kappa shape index (κ3) is 8.61. The summed E-state index contributed by atoms with van der Waals surface area (Å²) in [4.78, 5) is 57.9. The number of nitrogens with zero attached hydrogens (tertiary/aromatic N) is 2. The Morgan fingerprint density at radius 1 is 1.09 bits per heavy atom. The van der Waals surface area contributed by atoms with Gasteiger partial charge in [-0.1, -0.05) is 26.8 Å². The molecule has 46 heavy (non-hydrogen) atoms. The second kappa shape index (κ2) is 15.9. The van der Waals surface area contributed by atoms with Crippen LogP contribution in [0.5, 0.6) is 17.2 Å². The van der Waals surface area contributed by atoms with E-state index in [2.05, 4.69) is 20.9 Å². The van der Waals surface area contributed by atoms with E-state index in [9.17, 15) is 19.2 Å². The van der Waals surface area contributed by atoms with Crippen LogP contribution in [0.4, 0.5) is 4.39 Å². The van der Waals surface area contributed by atoms with Crippen LogP contribution in [0.15, 0.2) is 47.2 Å². The lowest BCUT2D eigenvalue weighted by Crippen LogP contribution is -2.46. The molecule has 246 valence electrons. The smallest absolute Gasteiger partial charge is 0.276 e. The summed E-state index contributed by atoms with van der Waals surface area (Å²) in [7, 11) is 1.43. The van der Waals surface area contributed by atoms with E-state index < -0.39 is 23.7 Å². The van der Waals surface area contributed by atoms with Crippen LogP contribution in [0.1, 0.15) is 84.5 Å². The molecule has 0 aliphatic carbocycles. The molecule has 0 unspecified atom stereocenters. The molecular formula is C33H40FN5O7. The van der Waals surface area contributed by atoms with Gasteiger partial charge in [-0.3, -0.25) is 19.2 Å². The Balaban J connectivity index is 1.58. The molecule has 5 rings (SSSR count). The van der Waals surface area contributed by atoms with Crippen LogP contribution >= 0.6 is 0 Å². The molecule has 0 spiro atoms. The molecule has 3 heterocycles. The Hall–Kier alpha value is -4.94. The molecule has 4 amide bonds. The lowest BCUT2D eigenvalue weighted by atomic mass is 10.1. The number of rotatable bonds is 4. The number of methoxy groups -OCH3 is 1. The topological polar surface area (TPSA) is 152 Å². The van der Waals surface area contributed by atoms with Gasteiger partial charge in [-0.05, 0) is 55.2 Å². The molecule has 13 heteroatoms. The SMILES string of the molecule is CC[C@@H]1NC(=O)CCCN(C(=O)c2ncoc2C(C)C)CCCNC(=O)c2ccc(OC)c(c2)Oc2ccc(cc2F)CNC1=O. The first-order valence-electron chi connectivity index (χ1n) is 15.3. The number of ether oxygens (including phenoxy) is 2. The predicted molar refractivity (Wildman–Crippen MR) is 166 cm³/mol. The van der Waals surface area contributed by atoms with Gasteiger partial charge in [0.2, 0.25) is 11.8 Å². The number of oxazole rings is 1. The van der Waals surface area contributed by atoms with Gasteiger partial charge >= 0.3 is 0 Å². The van der Waals surface area contributed by atoms with Gasteiger partial charge in [0, 0.05) is 44.1 Å². The van der Waals surface area contributed by atoms with Crippen molar-refractivity contribution in [3.05, 3.63) is 71.2 Å². The highest BCUT2D eigenvalue weighted by Crippen LogP contribution is 2.34. The molecule has 4 bridgehead atoms. The van der Waals surface area contributed by atoms with E-state index in [1.54, 1.807) is 30.0 Å². The molecule has 0 fully saturated rings. The van der Waals surface area contributed by atoms with Crippen molar-refractivity contribution in [2.75, 3.05) is 26.7 Å². The van der Waals surface area contributed by atoms with Gasteiger partial charge in [0.25, 0.3) is 11.8 Å². The van der Waals surface area contributed by atoms with Crippen molar-refractivity contribution in [1.82, 2.24) is 25.8 Å². The van der Waals surface area contributed by atoms with Crippen LogP contribution in [-0.2, 0) is 16.1 Å². The lowest BCUT2D eigenvalue weighted by molar-refractivity contribution is -0.129. The maximum Gasteiger partial charge on any atom is 0.276 e. The Kier molecular flexibility index (Phi) is 11.7. The van der Waals surface area contributed by atoms with Crippen LogP contribution < -0.4 is 25.4 Å². The van der Waals surface area contributed by atoms with Crippen molar-refractivity contribution >= 4 is 23.6 Å². The molecule has 2 aromatic carbocycles. The molecule has 0 radical (unpaired) electrons. The molecule has 0 saturated heterocycles. The molecule has 1 atom stereocenters. The number of fused-ring (bicyclic) bond motifs is 16. The van der Waals surface area contributed by atoms with Crippen molar-refractivity contribution in [2.24, 2.45) is 0 Å². The molecule has 1 aromatic heterocycles. The van der Waals surface area contributed by atoms with Crippen LogP contribution in [0.3, 0.4) is 0 Å². The second-order valence-electron chi connectivity index (χ2n) is 11.2. The minimum atomic E-state index is -0.786. The number of benzene rings is 2. The zero-order valence-electron chi connectivity index (χ0n) is 26.5. The van der Waals surface area contributed by atoms with Gasteiger partial charge in [-0.15, -0.1) is 0 Å². The largest absolute Gasteiger partial charge is 0.493 e. The zero-order valence-corrected chi connectivity index (χ0v) is 26.5. The van der Waals surface area contributed by atoms with Crippen molar-refractivity contribution in [3.8, 4) is 17.2 Å². The number of aromatic nitrogens is 1. The fraction of sp³-hybridized carbons (Fsp3) is 0.424. The van der Waals surface area contributed by atoms with Crippen LogP contribution in [0, 0.1) is 5.82 Å². The maximum atomic E-state index is 15.0. The van der Waals surface area contributed by atoms with E-state index in [0.29, 0.717) is 36.3 Å². The number of carbonyl (C=O) groups excluding carboxylic acids is 4. The lowest BCUT2D eigenvalue weighted by Gasteiger charge is -2.23. The molecule has 2 aliphatic rings. The third-order valence-electron chi connectivity index (χ3n) is 7.50. The first kappa shape index (κ1) is 33.9. The average Bonchev–Trinajstić information content (AvgIpc) is 3.54. The molecule has 3 N–H and O–H groups in total. The van der Waals surface area contributed by atoms with E-state index >= 15 is 4.39 Å². The number of hydrogen-bond acceptors (Lipinski definition) is 8. The fourth-order valence-electron chi connectivity index (χ4n) is 4.98. The van der Waals surface area contributed by atoms with Gasteiger partial charge in [-0.25, -0.2) is 9.37 Å². The molecular weight excluding hydrogens is 597 g/mol. The monoisotopic (exact) mass is 637 g/mol. The van der Waals surface area contributed by atoms with Crippen molar-refractivity contribution in [1.29, 1.82) is 0 Å². The first-order valence-corrected chi connectivity index (χ1v) is 15.3. The maximum absolute atomic E-state index is 15.0. The average molecular weight is 638 g/mol. The van der Waals surface area contributed by atoms with E-state index in [1.807, 2.05) is 13.8 Å². The normalized spacial score (nSPS) is 17.1. The number of nitrogens with one attached hydrogen (secondary N) is 3. The summed E-state index contributed by atoms with van der Waals surface area (Å²) >= 11 is 0.